The predicted octanol–water partition coefficient (Wildman–Crippen LogP) is 5.48. The van der Waals surface area contributed by atoms with Crippen LogP contribution in [0.2, 0.25) is 0 Å². The fraction of sp³-hybridized carbons (Fsp3) is 0.360. The van der Waals surface area contributed by atoms with Gasteiger partial charge in [-0.1, -0.05) is 56.8 Å². The number of thioether (sulfide) groups is 1. The highest BCUT2D eigenvalue weighted by atomic mass is 32.2. The normalized spacial score (nSPS) is 13.9. The van der Waals surface area contributed by atoms with E-state index in [0.717, 1.165) is 41.6 Å². The molecular formula is C25H28N6OS2. The van der Waals surface area contributed by atoms with Gasteiger partial charge in [-0.25, -0.2) is 4.68 Å². The summed E-state index contributed by atoms with van der Waals surface area (Å²) in [6.45, 7) is 6.35. The first kappa shape index (κ1) is 22.9. The summed E-state index contributed by atoms with van der Waals surface area (Å²) in [4.78, 5) is 14.2. The lowest BCUT2D eigenvalue weighted by atomic mass is 9.92. The molecule has 3 aromatic heterocycles. The van der Waals surface area contributed by atoms with Crippen LogP contribution in [-0.2, 0) is 16.6 Å². The Balaban J connectivity index is 1.31. The lowest BCUT2D eigenvalue weighted by molar-refractivity contribution is -0.113. The first-order valence-electron chi connectivity index (χ1n) is 11.4. The lowest BCUT2D eigenvalue weighted by Crippen LogP contribution is -2.17. The number of anilines is 1. The van der Waals surface area contributed by atoms with Crippen molar-refractivity contribution < 1.29 is 4.79 Å². The number of carbonyl (C=O) groups excluding carboxylic acids is 1. The molecule has 34 heavy (non-hydrogen) atoms. The first-order chi connectivity index (χ1) is 16.4. The van der Waals surface area contributed by atoms with Gasteiger partial charge in [0.2, 0.25) is 5.91 Å². The molecule has 1 saturated carbocycles. The van der Waals surface area contributed by atoms with Crippen LogP contribution in [-0.4, -0.2) is 36.2 Å². The average Bonchev–Trinajstić information content (AvgIpc) is 3.19. The summed E-state index contributed by atoms with van der Waals surface area (Å²) in [5, 5.41) is 19.6. The zero-order valence-corrected chi connectivity index (χ0v) is 21.2. The van der Waals surface area contributed by atoms with Crippen molar-refractivity contribution in [2.75, 3.05) is 11.1 Å². The van der Waals surface area contributed by atoms with E-state index in [1.54, 1.807) is 16.0 Å². The number of aromatic nitrogens is 5. The highest BCUT2D eigenvalue weighted by molar-refractivity contribution is 7.99. The SMILES string of the molecule is CC(C)(C)c1cc(NC(=O)CSc2nnc(Cc3cccs3)n2C2CC2)n(-c2ccccc2)n1. The highest BCUT2D eigenvalue weighted by Gasteiger charge is 2.30. The maximum atomic E-state index is 13.0. The highest BCUT2D eigenvalue weighted by Crippen LogP contribution is 2.39. The van der Waals surface area contributed by atoms with Crippen LogP contribution in [0, 0.1) is 0 Å². The van der Waals surface area contributed by atoms with E-state index in [9.17, 15) is 4.79 Å². The number of carbonyl (C=O) groups is 1. The van der Waals surface area contributed by atoms with E-state index in [1.165, 1.54) is 16.6 Å². The average molecular weight is 493 g/mol. The van der Waals surface area contributed by atoms with Crippen LogP contribution in [0.15, 0.2) is 59.1 Å². The molecular weight excluding hydrogens is 464 g/mol. The van der Waals surface area contributed by atoms with E-state index in [1.807, 2.05) is 36.4 Å². The van der Waals surface area contributed by atoms with Gasteiger partial charge in [-0.3, -0.25) is 4.79 Å². The third-order valence-electron chi connectivity index (χ3n) is 5.64. The fourth-order valence-corrected chi connectivity index (χ4v) is 5.23. The third-order valence-corrected chi connectivity index (χ3v) is 7.46. The quantitative estimate of drug-likeness (QED) is 0.330. The minimum Gasteiger partial charge on any atom is -0.310 e. The minimum atomic E-state index is -0.131. The van der Waals surface area contributed by atoms with Crippen molar-refractivity contribution in [3.63, 3.8) is 0 Å². The number of amides is 1. The van der Waals surface area contributed by atoms with Crippen molar-refractivity contribution in [2.45, 2.75) is 56.6 Å². The Labute approximate surface area is 207 Å². The second kappa shape index (κ2) is 9.38. The fourth-order valence-electron chi connectivity index (χ4n) is 3.71. The van der Waals surface area contributed by atoms with Crippen LogP contribution in [0.3, 0.4) is 0 Å². The zero-order chi connectivity index (χ0) is 23.7. The second-order valence-corrected chi connectivity index (χ2v) is 11.5. The van der Waals surface area contributed by atoms with Gasteiger partial charge in [0, 0.05) is 28.8 Å². The van der Waals surface area contributed by atoms with Gasteiger partial charge in [0.05, 0.1) is 17.1 Å². The molecule has 1 N–H and O–H groups in total. The molecule has 1 fully saturated rings. The van der Waals surface area contributed by atoms with Crippen LogP contribution in [0.25, 0.3) is 5.69 Å². The molecule has 1 aliphatic carbocycles. The maximum Gasteiger partial charge on any atom is 0.236 e. The van der Waals surface area contributed by atoms with E-state index in [4.69, 9.17) is 5.10 Å². The molecule has 9 heteroatoms. The van der Waals surface area contributed by atoms with Crippen molar-refractivity contribution in [1.29, 1.82) is 0 Å². The molecule has 1 amide bonds. The number of para-hydroxylation sites is 1. The first-order valence-corrected chi connectivity index (χ1v) is 13.3. The third kappa shape index (κ3) is 5.10. The van der Waals surface area contributed by atoms with Gasteiger partial charge in [0.25, 0.3) is 0 Å². The molecule has 5 rings (SSSR count). The molecule has 0 spiro atoms. The Bertz CT molecular complexity index is 1270. The molecule has 0 bridgehead atoms. The van der Waals surface area contributed by atoms with Crippen LogP contribution in [0.4, 0.5) is 5.82 Å². The molecule has 1 aromatic carbocycles. The predicted molar refractivity (Wildman–Crippen MR) is 137 cm³/mol. The van der Waals surface area contributed by atoms with Crippen LogP contribution < -0.4 is 5.32 Å². The maximum absolute atomic E-state index is 13.0. The van der Waals surface area contributed by atoms with E-state index < -0.39 is 0 Å². The molecule has 0 unspecified atom stereocenters. The lowest BCUT2D eigenvalue weighted by Gasteiger charge is -2.14. The van der Waals surface area contributed by atoms with Gasteiger partial charge < -0.3 is 9.88 Å². The van der Waals surface area contributed by atoms with Crippen LogP contribution >= 0.6 is 23.1 Å². The van der Waals surface area contributed by atoms with E-state index >= 15 is 0 Å². The number of rotatable bonds is 8. The van der Waals surface area contributed by atoms with E-state index in [0.29, 0.717) is 11.9 Å². The Morgan fingerprint density at radius 3 is 2.62 bits per heavy atom. The monoisotopic (exact) mass is 492 g/mol. The van der Waals surface area contributed by atoms with Crippen LogP contribution in [0.1, 0.15) is 56.1 Å². The second-order valence-electron chi connectivity index (χ2n) is 9.51. The Morgan fingerprint density at radius 2 is 1.94 bits per heavy atom. The van der Waals surface area contributed by atoms with Crippen molar-refractivity contribution >= 4 is 34.8 Å². The summed E-state index contributed by atoms with van der Waals surface area (Å²) in [6, 6.07) is 16.5. The number of hydrogen-bond acceptors (Lipinski definition) is 6. The topological polar surface area (TPSA) is 77.6 Å². The standard InChI is InChI=1S/C25H28N6OS2/c1-25(2,3)20-15-21(31(29-20)18-8-5-4-6-9-18)26-23(32)16-34-24-28-27-22(30(24)17-11-12-17)14-19-10-7-13-33-19/h4-10,13,15,17H,11-12,14,16H2,1-3H3,(H,26,32). The largest absolute Gasteiger partial charge is 0.310 e. The number of benzene rings is 1. The smallest absolute Gasteiger partial charge is 0.236 e. The summed E-state index contributed by atoms with van der Waals surface area (Å²) in [5.74, 6) is 1.82. The summed E-state index contributed by atoms with van der Waals surface area (Å²) >= 11 is 3.17. The number of hydrogen-bond donors (Lipinski definition) is 1. The van der Waals surface area contributed by atoms with Gasteiger partial charge in [0.15, 0.2) is 5.16 Å². The van der Waals surface area contributed by atoms with Gasteiger partial charge in [-0.2, -0.15) is 5.10 Å². The van der Waals surface area contributed by atoms with E-state index in [-0.39, 0.29) is 17.1 Å². The molecule has 4 aromatic rings. The summed E-state index contributed by atoms with van der Waals surface area (Å²) < 4.78 is 4.03. The Kier molecular flexibility index (Phi) is 6.31. The van der Waals surface area contributed by atoms with Crippen molar-refractivity contribution in [3.8, 4) is 5.69 Å². The van der Waals surface area contributed by atoms with Gasteiger partial charge >= 0.3 is 0 Å². The molecule has 176 valence electrons. The summed E-state index contributed by atoms with van der Waals surface area (Å²) in [7, 11) is 0. The molecule has 0 aliphatic heterocycles. The van der Waals surface area contributed by atoms with Crippen molar-refractivity contribution in [1.82, 2.24) is 24.5 Å². The van der Waals surface area contributed by atoms with Gasteiger partial charge in [0.1, 0.15) is 11.6 Å². The number of nitrogens with zero attached hydrogens (tertiary/aromatic N) is 5. The molecule has 0 saturated heterocycles. The van der Waals surface area contributed by atoms with Gasteiger partial charge in [-0.05, 0) is 36.4 Å². The molecule has 7 nitrogen and oxygen atoms in total. The molecule has 0 atom stereocenters. The summed E-state index contributed by atoms with van der Waals surface area (Å²) in [6.07, 6.45) is 3.06. The number of nitrogens with one attached hydrogen (secondary N) is 1. The summed E-state index contributed by atoms with van der Waals surface area (Å²) in [5.41, 5.74) is 1.70. The molecule has 3 heterocycles. The van der Waals surface area contributed by atoms with Crippen LogP contribution in [0.5, 0.6) is 0 Å². The molecule has 1 aliphatic rings. The van der Waals surface area contributed by atoms with Gasteiger partial charge in [-0.15, -0.1) is 21.5 Å². The van der Waals surface area contributed by atoms with Crippen molar-refractivity contribution in [3.05, 3.63) is 70.3 Å². The minimum absolute atomic E-state index is 0.0901. The zero-order valence-electron chi connectivity index (χ0n) is 19.6. The van der Waals surface area contributed by atoms with E-state index in [2.05, 4.69) is 58.4 Å². The van der Waals surface area contributed by atoms with Crippen molar-refractivity contribution in [2.24, 2.45) is 0 Å². The Hall–Kier alpha value is -2.91. The number of thiophene rings is 1. The molecule has 0 radical (unpaired) electrons. The Morgan fingerprint density at radius 1 is 1.15 bits per heavy atom.